The van der Waals surface area contributed by atoms with E-state index in [0.29, 0.717) is 13.0 Å². The summed E-state index contributed by atoms with van der Waals surface area (Å²) in [5.74, 6) is 0. The molecule has 7 heteroatoms. The minimum absolute atomic E-state index is 0.0664. The normalized spacial score (nSPS) is 9.81. The van der Waals surface area contributed by atoms with Gasteiger partial charge in [0.15, 0.2) is 5.13 Å². The molecule has 0 amide bonds. The molecule has 1 aromatic rings. The van der Waals surface area contributed by atoms with Crippen molar-refractivity contribution in [2.24, 2.45) is 0 Å². The van der Waals surface area contributed by atoms with Crippen LogP contribution < -0.4 is 5.32 Å². The minimum atomic E-state index is -0.784. The SMILES string of the molecule is C=CCNc1nc(C)c(CCO[N+](=O)[O-])s1. The molecule has 1 aromatic heterocycles. The highest BCUT2D eigenvalue weighted by Gasteiger charge is 2.07. The molecule has 0 aromatic carbocycles. The van der Waals surface area contributed by atoms with Gasteiger partial charge in [0.2, 0.25) is 0 Å². The van der Waals surface area contributed by atoms with Gasteiger partial charge in [0, 0.05) is 17.8 Å². The van der Waals surface area contributed by atoms with Gasteiger partial charge >= 0.3 is 0 Å². The lowest BCUT2D eigenvalue weighted by Crippen LogP contribution is -2.04. The molecule has 16 heavy (non-hydrogen) atoms. The topological polar surface area (TPSA) is 77.3 Å². The molecule has 0 saturated carbocycles. The number of hydrogen-bond donors (Lipinski definition) is 1. The number of aryl methyl sites for hydroxylation is 1. The quantitative estimate of drug-likeness (QED) is 0.449. The van der Waals surface area contributed by atoms with E-state index in [9.17, 15) is 10.1 Å². The highest BCUT2D eigenvalue weighted by atomic mass is 32.1. The Bertz CT molecular complexity index is 378. The van der Waals surface area contributed by atoms with Gasteiger partial charge < -0.3 is 10.2 Å². The summed E-state index contributed by atoms with van der Waals surface area (Å²) in [6, 6.07) is 0. The fourth-order valence-corrected chi connectivity index (χ4v) is 2.06. The largest absolute Gasteiger partial charge is 0.358 e. The zero-order valence-corrected chi connectivity index (χ0v) is 9.75. The second-order valence-electron chi connectivity index (χ2n) is 3.00. The van der Waals surface area contributed by atoms with Crippen molar-refractivity contribution in [1.82, 2.24) is 4.98 Å². The summed E-state index contributed by atoms with van der Waals surface area (Å²) >= 11 is 1.48. The number of rotatable bonds is 7. The van der Waals surface area contributed by atoms with Crippen LogP contribution in [0.4, 0.5) is 5.13 Å². The molecule has 88 valence electrons. The monoisotopic (exact) mass is 243 g/mol. The molecular formula is C9H13N3O3S. The summed E-state index contributed by atoms with van der Waals surface area (Å²) in [7, 11) is 0. The van der Waals surface area contributed by atoms with Gasteiger partial charge in [-0.25, -0.2) is 4.98 Å². The van der Waals surface area contributed by atoms with Gasteiger partial charge in [-0.15, -0.1) is 28.0 Å². The maximum atomic E-state index is 9.97. The average molecular weight is 243 g/mol. The zero-order chi connectivity index (χ0) is 12.0. The molecular weight excluding hydrogens is 230 g/mol. The fourth-order valence-electron chi connectivity index (χ4n) is 1.11. The van der Waals surface area contributed by atoms with Crippen molar-refractivity contribution in [3.05, 3.63) is 33.3 Å². The lowest BCUT2D eigenvalue weighted by Gasteiger charge is -1.96. The lowest BCUT2D eigenvalue weighted by molar-refractivity contribution is -0.757. The molecule has 0 fully saturated rings. The molecule has 0 saturated heterocycles. The van der Waals surface area contributed by atoms with Crippen LogP contribution in [0.25, 0.3) is 0 Å². The van der Waals surface area contributed by atoms with E-state index in [1.807, 2.05) is 6.92 Å². The molecule has 6 nitrogen and oxygen atoms in total. The van der Waals surface area contributed by atoms with Crippen LogP contribution >= 0.6 is 11.3 Å². The first-order valence-electron chi connectivity index (χ1n) is 4.72. The zero-order valence-electron chi connectivity index (χ0n) is 8.93. The summed E-state index contributed by atoms with van der Waals surface area (Å²) in [5, 5.41) is 13.1. The van der Waals surface area contributed by atoms with Gasteiger partial charge in [-0.2, -0.15) is 0 Å². The van der Waals surface area contributed by atoms with Gasteiger partial charge in [0.1, 0.15) is 6.61 Å². The van der Waals surface area contributed by atoms with Gasteiger partial charge in [-0.1, -0.05) is 6.08 Å². The van der Waals surface area contributed by atoms with E-state index in [-0.39, 0.29) is 6.61 Å². The van der Waals surface area contributed by atoms with Gasteiger partial charge in [-0.3, -0.25) is 0 Å². The van der Waals surface area contributed by atoms with Crippen molar-refractivity contribution in [1.29, 1.82) is 0 Å². The highest BCUT2D eigenvalue weighted by molar-refractivity contribution is 7.15. The minimum Gasteiger partial charge on any atom is -0.358 e. The number of nitrogens with one attached hydrogen (secondary N) is 1. The average Bonchev–Trinajstić information content (AvgIpc) is 2.56. The maximum absolute atomic E-state index is 9.97. The second kappa shape index (κ2) is 6.06. The van der Waals surface area contributed by atoms with E-state index in [0.717, 1.165) is 15.7 Å². The van der Waals surface area contributed by atoms with Crippen LogP contribution in [0.5, 0.6) is 0 Å². The van der Waals surface area contributed by atoms with E-state index >= 15 is 0 Å². The van der Waals surface area contributed by atoms with Gasteiger partial charge in [0.25, 0.3) is 5.09 Å². The Labute approximate surface area is 97.1 Å². The molecule has 1 N–H and O–H groups in total. The summed E-state index contributed by atoms with van der Waals surface area (Å²) in [6.07, 6.45) is 2.24. The fraction of sp³-hybridized carbons (Fsp3) is 0.444. The Hall–Kier alpha value is -1.63. The van der Waals surface area contributed by atoms with Crippen LogP contribution in [0.3, 0.4) is 0 Å². The number of nitrogens with zero attached hydrogens (tertiary/aromatic N) is 2. The van der Waals surface area contributed by atoms with Crippen LogP contribution in [-0.4, -0.2) is 23.2 Å². The molecule has 0 aliphatic rings. The van der Waals surface area contributed by atoms with Crippen molar-refractivity contribution in [2.45, 2.75) is 13.3 Å². The lowest BCUT2D eigenvalue weighted by atomic mass is 10.3. The first-order valence-corrected chi connectivity index (χ1v) is 5.53. The molecule has 0 aliphatic carbocycles. The Balaban J connectivity index is 2.49. The van der Waals surface area contributed by atoms with Crippen molar-refractivity contribution in [3.8, 4) is 0 Å². The van der Waals surface area contributed by atoms with Gasteiger partial charge in [0.05, 0.1) is 5.69 Å². The molecule has 0 atom stereocenters. The van der Waals surface area contributed by atoms with Crippen LogP contribution in [0.15, 0.2) is 12.7 Å². The van der Waals surface area contributed by atoms with Crippen LogP contribution in [-0.2, 0) is 11.3 Å². The van der Waals surface area contributed by atoms with Crippen molar-refractivity contribution in [3.63, 3.8) is 0 Å². The Morgan fingerprint density at radius 2 is 2.50 bits per heavy atom. The molecule has 0 spiro atoms. The van der Waals surface area contributed by atoms with Crippen LogP contribution in [0, 0.1) is 17.0 Å². The summed E-state index contributed by atoms with van der Waals surface area (Å²) in [6.45, 7) is 6.18. The molecule has 0 bridgehead atoms. The first kappa shape index (κ1) is 12.4. The maximum Gasteiger partial charge on any atom is 0.294 e. The molecule has 0 unspecified atom stereocenters. The standard InChI is InChI=1S/C9H13N3O3S/c1-3-5-10-9-11-7(2)8(16-9)4-6-15-12(13)14/h3H,1,4-6H2,2H3,(H,10,11). The summed E-state index contributed by atoms with van der Waals surface area (Å²) in [4.78, 5) is 19.5. The Morgan fingerprint density at radius 3 is 3.12 bits per heavy atom. The van der Waals surface area contributed by atoms with E-state index < -0.39 is 5.09 Å². The van der Waals surface area contributed by atoms with E-state index in [1.54, 1.807) is 6.08 Å². The highest BCUT2D eigenvalue weighted by Crippen LogP contribution is 2.22. The third-order valence-corrected chi connectivity index (χ3v) is 2.99. The van der Waals surface area contributed by atoms with Crippen molar-refractivity contribution >= 4 is 16.5 Å². The molecule has 1 heterocycles. The van der Waals surface area contributed by atoms with Crippen molar-refractivity contribution < 1.29 is 9.92 Å². The molecule has 1 rings (SSSR count). The smallest absolute Gasteiger partial charge is 0.294 e. The van der Waals surface area contributed by atoms with Crippen LogP contribution in [0.1, 0.15) is 10.6 Å². The first-order chi connectivity index (χ1) is 7.63. The Kier molecular flexibility index (Phi) is 4.71. The Morgan fingerprint density at radius 1 is 1.75 bits per heavy atom. The summed E-state index contributed by atoms with van der Waals surface area (Å²) < 4.78 is 0. The van der Waals surface area contributed by atoms with E-state index in [1.165, 1.54) is 11.3 Å². The number of aromatic nitrogens is 1. The molecule has 0 radical (unpaired) electrons. The van der Waals surface area contributed by atoms with E-state index in [4.69, 9.17) is 0 Å². The number of anilines is 1. The predicted octanol–water partition coefficient (Wildman–Crippen LogP) is 1.80. The molecule has 0 aliphatic heterocycles. The number of thiazole rings is 1. The third-order valence-electron chi connectivity index (χ3n) is 1.82. The predicted molar refractivity (Wildman–Crippen MR) is 62.2 cm³/mol. The van der Waals surface area contributed by atoms with Gasteiger partial charge in [-0.05, 0) is 6.92 Å². The second-order valence-corrected chi connectivity index (χ2v) is 4.09. The van der Waals surface area contributed by atoms with Crippen molar-refractivity contribution in [2.75, 3.05) is 18.5 Å². The number of hydrogen-bond acceptors (Lipinski definition) is 6. The van der Waals surface area contributed by atoms with E-state index in [2.05, 4.69) is 21.7 Å². The van der Waals surface area contributed by atoms with Crippen LogP contribution in [0.2, 0.25) is 0 Å². The third kappa shape index (κ3) is 3.85. The summed E-state index contributed by atoms with van der Waals surface area (Å²) in [5.41, 5.74) is 0.878.